The number of alkyl halides is 3. The normalized spacial score (nSPS) is 11.1. The van der Waals surface area contributed by atoms with Gasteiger partial charge in [-0.1, -0.05) is 0 Å². The quantitative estimate of drug-likeness (QED) is 0.617. The summed E-state index contributed by atoms with van der Waals surface area (Å²) in [6.45, 7) is 0. The summed E-state index contributed by atoms with van der Waals surface area (Å²) < 4.78 is 61.3. The van der Waals surface area contributed by atoms with E-state index in [2.05, 4.69) is 0 Å². The minimum Gasteiger partial charge on any atom is -0.494 e. The van der Waals surface area contributed by atoms with Crippen LogP contribution in [0.1, 0.15) is 15.9 Å². The predicted octanol–water partition coefficient (Wildman–Crippen LogP) is 4.46. The van der Waals surface area contributed by atoms with E-state index in [4.69, 9.17) is 9.47 Å². The van der Waals surface area contributed by atoms with Gasteiger partial charge in [0, 0.05) is 6.07 Å². The molecule has 0 N–H and O–H groups in total. The van der Waals surface area contributed by atoms with Gasteiger partial charge in [-0.3, -0.25) is 4.79 Å². The van der Waals surface area contributed by atoms with Crippen LogP contribution >= 0.6 is 0 Å². The van der Waals surface area contributed by atoms with Crippen molar-refractivity contribution in [2.24, 2.45) is 0 Å². The van der Waals surface area contributed by atoms with E-state index in [0.29, 0.717) is 6.07 Å². The lowest BCUT2D eigenvalue weighted by Gasteiger charge is -2.12. The van der Waals surface area contributed by atoms with E-state index < -0.39 is 17.6 Å². The standard InChI is InChI=1S/C15H10F4O3/c1-21-14-5-3-11(7-12(14)16)22-13-4-2-10(15(17,18)19)6-9(13)8-20/h2-8H,1H3. The Morgan fingerprint density at radius 1 is 1.05 bits per heavy atom. The highest BCUT2D eigenvalue weighted by molar-refractivity contribution is 5.80. The Bertz CT molecular complexity index is 696. The van der Waals surface area contributed by atoms with Crippen molar-refractivity contribution in [3.8, 4) is 17.2 Å². The Morgan fingerprint density at radius 2 is 1.73 bits per heavy atom. The zero-order valence-corrected chi connectivity index (χ0v) is 11.3. The minimum absolute atomic E-state index is 0.00428. The molecule has 0 aliphatic rings. The molecule has 0 atom stereocenters. The fraction of sp³-hybridized carbons (Fsp3) is 0.133. The van der Waals surface area contributed by atoms with Crippen molar-refractivity contribution in [2.45, 2.75) is 6.18 Å². The van der Waals surface area contributed by atoms with E-state index in [1.54, 1.807) is 0 Å². The van der Waals surface area contributed by atoms with Crippen LogP contribution in [0.4, 0.5) is 17.6 Å². The zero-order valence-electron chi connectivity index (χ0n) is 11.3. The van der Waals surface area contributed by atoms with Gasteiger partial charge in [0.15, 0.2) is 17.9 Å². The van der Waals surface area contributed by atoms with Crippen LogP contribution in [-0.4, -0.2) is 13.4 Å². The maximum atomic E-state index is 13.5. The highest BCUT2D eigenvalue weighted by atomic mass is 19.4. The molecule has 22 heavy (non-hydrogen) atoms. The molecule has 0 amide bonds. The number of ether oxygens (including phenoxy) is 2. The van der Waals surface area contributed by atoms with Crippen molar-refractivity contribution in [2.75, 3.05) is 7.11 Å². The lowest BCUT2D eigenvalue weighted by Crippen LogP contribution is -2.06. The molecule has 2 rings (SSSR count). The molecule has 0 saturated heterocycles. The average Bonchev–Trinajstić information content (AvgIpc) is 2.46. The molecule has 0 spiro atoms. The fourth-order valence-electron chi connectivity index (χ4n) is 1.75. The van der Waals surface area contributed by atoms with E-state index in [-0.39, 0.29) is 29.1 Å². The number of halogens is 4. The molecule has 0 fully saturated rings. The second-order valence-corrected chi connectivity index (χ2v) is 4.27. The van der Waals surface area contributed by atoms with Crippen LogP contribution in [0.2, 0.25) is 0 Å². The van der Waals surface area contributed by atoms with Gasteiger partial charge in [-0.2, -0.15) is 13.2 Å². The SMILES string of the molecule is COc1ccc(Oc2ccc(C(F)(F)F)cc2C=O)cc1F. The highest BCUT2D eigenvalue weighted by Gasteiger charge is 2.31. The molecule has 0 aliphatic heterocycles. The molecule has 2 aromatic rings. The lowest BCUT2D eigenvalue weighted by atomic mass is 10.1. The second-order valence-electron chi connectivity index (χ2n) is 4.27. The topological polar surface area (TPSA) is 35.5 Å². The molecule has 0 bridgehead atoms. The Labute approximate surface area is 123 Å². The molecule has 0 heterocycles. The van der Waals surface area contributed by atoms with E-state index in [1.165, 1.54) is 19.2 Å². The Balaban J connectivity index is 2.33. The van der Waals surface area contributed by atoms with Gasteiger partial charge in [0.25, 0.3) is 0 Å². The van der Waals surface area contributed by atoms with E-state index in [0.717, 1.165) is 18.2 Å². The first-order valence-electron chi connectivity index (χ1n) is 6.03. The molecule has 0 unspecified atom stereocenters. The summed E-state index contributed by atoms with van der Waals surface area (Å²) >= 11 is 0. The Kier molecular flexibility index (Phi) is 4.35. The van der Waals surface area contributed by atoms with Crippen LogP contribution in [0.15, 0.2) is 36.4 Å². The van der Waals surface area contributed by atoms with Crippen LogP contribution in [0.3, 0.4) is 0 Å². The summed E-state index contributed by atoms with van der Waals surface area (Å²) in [5, 5.41) is 0. The predicted molar refractivity (Wildman–Crippen MR) is 69.9 cm³/mol. The molecule has 0 radical (unpaired) electrons. The van der Waals surface area contributed by atoms with Crippen LogP contribution < -0.4 is 9.47 Å². The summed E-state index contributed by atoms with van der Waals surface area (Å²) in [5.74, 6) is -0.774. The largest absolute Gasteiger partial charge is 0.494 e. The van der Waals surface area contributed by atoms with Crippen LogP contribution in [0, 0.1) is 5.82 Å². The van der Waals surface area contributed by atoms with E-state index in [1.807, 2.05) is 0 Å². The maximum Gasteiger partial charge on any atom is 0.416 e. The molecule has 2 aromatic carbocycles. The third-order valence-electron chi connectivity index (χ3n) is 2.82. The number of carbonyl (C=O) groups is 1. The van der Waals surface area contributed by atoms with Crippen molar-refractivity contribution in [3.63, 3.8) is 0 Å². The number of aldehydes is 1. The molecule has 7 heteroatoms. The van der Waals surface area contributed by atoms with E-state index >= 15 is 0 Å². The third kappa shape index (κ3) is 3.36. The summed E-state index contributed by atoms with van der Waals surface area (Å²) in [6, 6.07) is 6.13. The summed E-state index contributed by atoms with van der Waals surface area (Å²) in [4.78, 5) is 10.9. The van der Waals surface area contributed by atoms with Crippen LogP contribution in [0.5, 0.6) is 17.2 Å². The smallest absolute Gasteiger partial charge is 0.416 e. The first-order chi connectivity index (χ1) is 10.3. The van der Waals surface area contributed by atoms with E-state index in [9.17, 15) is 22.4 Å². The number of carbonyl (C=O) groups excluding carboxylic acids is 1. The van der Waals surface area contributed by atoms with Gasteiger partial charge in [-0.15, -0.1) is 0 Å². The van der Waals surface area contributed by atoms with Crippen molar-refractivity contribution >= 4 is 6.29 Å². The average molecular weight is 314 g/mol. The molecule has 3 nitrogen and oxygen atoms in total. The van der Waals surface area contributed by atoms with Gasteiger partial charge in [0.05, 0.1) is 18.2 Å². The molecular formula is C15H10F4O3. The van der Waals surface area contributed by atoms with Crippen molar-refractivity contribution in [3.05, 3.63) is 53.3 Å². The number of methoxy groups -OCH3 is 1. The summed E-state index contributed by atoms with van der Waals surface area (Å²) in [7, 11) is 1.29. The Hall–Kier alpha value is -2.57. The zero-order chi connectivity index (χ0) is 16.3. The van der Waals surface area contributed by atoms with Crippen molar-refractivity contribution < 1.29 is 31.8 Å². The van der Waals surface area contributed by atoms with Crippen molar-refractivity contribution in [1.29, 1.82) is 0 Å². The van der Waals surface area contributed by atoms with Crippen LogP contribution in [-0.2, 0) is 6.18 Å². The number of hydrogen-bond acceptors (Lipinski definition) is 3. The van der Waals surface area contributed by atoms with Gasteiger partial charge < -0.3 is 9.47 Å². The number of hydrogen-bond donors (Lipinski definition) is 0. The molecule has 0 aliphatic carbocycles. The third-order valence-corrected chi connectivity index (χ3v) is 2.82. The molecular weight excluding hydrogens is 304 g/mol. The maximum absolute atomic E-state index is 13.5. The number of rotatable bonds is 4. The van der Waals surface area contributed by atoms with Gasteiger partial charge in [-0.05, 0) is 30.3 Å². The first-order valence-corrected chi connectivity index (χ1v) is 6.03. The molecule has 0 saturated carbocycles. The van der Waals surface area contributed by atoms with Gasteiger partial charge in [-0.25, -0.2) is 4.39 Å². The van der Waals surface area contributed by atoms with Gasteiger partial charge in [0.2, 0.25) is 0 Å². The summed E-state index contributed by atoms with van der Waals surface area (Å²) in [6.07, 6.45) is -4.33. The Morgan fingerprint density at radius 3 is 2.27 bits per heavy atom. The number of benzene rings is 2. The fourth-order valence-corrected chi connectivity index (χ4v) is 1.75. The first kappa shape index (κ1) is 15.8. The highest BCUT2D eigenvalue weighted by Crippen LogP contribution is 2.34. The van der Waals surface area contributed by atoms with Gasteiger partial charge >= 0.3 is 6.18 Å². The minimum atomic E-state index is -4.57. The van der Waals surface area contributed by atoms with Crippen LogP contribution in [0.25, 0.3) is 0 Å². The van der Waals surface area contributed by atoms with Gasteiger partial charge in [0.1, 0.15) is 11.5 Å². The lowest BCUT2D eigenvalue weighted by molar-refractivity contribution is -0.137. The second kappa shape index (κ2) is 6.05. The molecule has 0 aromatic heterocycles. The monoisotopic (exact) mass is 314 g/mol. The summed E-state index contributed by atoms with van der Waals surface area (Å²) in [5.41, 5.74) is -1.26. The van der Waals surface area contributed by atoms with Crippen molar-refractivity contribution in [1.82, 2.24) is 0 Å². The molecule has 116 valence electrons.